The lowest BCUT2D eigenvalue weighted by Gasteiger charge is -2.43. The van der Waals surface area contributed by atoms with E-state index in [1.807, 2.05) is 4.68 Å². The van der Waals surface area contributed by atoms with Crippen LogP contribution in [0.2, 0.25) is 0 Å². The van der Waals surface area contributed by atoms with E-state index in [1.165, 1.54) is 0 Å². The van der Waals surface area contributed by atoms with E-state index in [4.69, 9.17) is 4.74 Å². The van der Waals surface area contributed by atoms with Gasteiger partial charge in [0.1, 0.15) is 11.8 Å². The molecule has 1 aromatic rings. The van der Waals surface area contributed by atoms with Crippen molar-refractivity contribution in [2.75, 3.05) is 20.2 Å². The molecule has 1 aromatic heterocycles. The molecule has 1 N–H and O–H groups in total. The van der Waals surface area contributed by atoms with Crippen LogP contribution in [0.5, 0.6) is 5.75 Å². The molecular weight excluding hydrogens is 266 g/mol. The molecule has 0 aliphatic heterocycles. The largest absolute Gasteiger partial charge is 0.493 e. The summed E-state index contributed by atoms with van der Waals surface area (Å²) in [6.45, 7) is 14.4. The van der Waals surface area contributed by atoms with Crippen LogP contribution >= 0.6 is 0 Å². The van der Waals surface area contributed by atoms with Gasteiger partial charge < -0.3 is 9.84 Å². The number of likely N-dealkylation sites (N-methyl/N-ethyl adjacent to an activating group) is 1. The smallest absolute Gasteiger partial charge is 0.162 e. The first-order chi connectivity index (χ1) is 9.87. The molecule has 0 aromatic carbocycles. The summed E-state index contributed by atoms with van der Waals surface area (Å²) in [5.41, 5.74) is 0.424. The topological polar surface area (TPSA) is 50.5 Å². The molecule has 0 saturated heterocycles. The van der Waals surface area contributed by atoms with E-state index < -0.39 is 6.10 Å². The molecule has 0 spiro atoms. The Morgan fingerprint density at radius 3 is 2.29 bits per heavy atom. The summed E-state index contributed by atoms with van der Waals surface area (Å²) >= 11 is 0. The van der Waals surface area contributed by atoms with E-state index in [9.17, 15) is 5.11 Å². The maximum Gasteiger partial charge on any atom is 0.162 e. The molecule has 2 atom stereocenters. The molecular formula is C16H31N3O2. The number of ether oxygens (including phenoxy) is 1. The molecule has 2 unspecified atom stereocenters. The lowest BCUT2D eigenvalue weighted by atomic mass is 9.87. The van der Waals surface area contributed by atoms with Crippen LogP contribution in [0, 0.1) is 0 Å². The Kier molecular flexibility index (Phi) is 6.23. The predicted molar refractivity (Wildman–Crippen MR) is 85.7 cm³/mol. The van der Waals surface area contributed by atoms with Gasteiger partial charge >= 0.3 is 0 Å². The third-order valence-electron chi connectivity index (χ3n) is 4.56. The number of methoxy groups -OCH3 is 1. The van der Waals surface area contributed by atoms with E-state index in [0.717, 1.165) is 25.2 Å². The minimum absolute atomic E-state index is 0.177. The lowest BCUT2D eigenvalue weighted by Crippen LogP contribution is -2.50. The van der Waals surface area contributed by atoms with Crippen LogP contribution in [0.1, 0.15) is 65.8 Å². The molecule has 0 fully saturated rings. The van der Waals surface area contributed by atoms with Crippen LogP contribution in [-0.2, 0) is 0 Å². The zero-order valence-electron chi connectivity index (χ0n) is 14.6. The second kappa shape index (κ2) is 7.27. The van der Waals surface area contributed by atoms with Crippen molar-refractivity contribution in [3.05, 3.63) is 11.9 Å². The molecule has 0 aliphatic carbocycles. The van der Waals surface area contributed by atoms with E-state index in [-0.39, 0.29) is 11.6 Å². The molecule has 5 nitrogen and oxygen atoms in total. The van der Waals surface area contributed by atoms with Gasteiger partial charge in [0.15, 0.2) is 5.75 Å². The molecule has 0 amide bonds. The summed E-state index contributed by atoms with van der Waals surface area (Å²) in [6.07, 6.45) is 1.89. The van der Waals surface area contributed by atoms with Gasteiger partial charge in [0.2, 0.25) is 0 Å². The Bertz CT molecular complexity index is 441. The Labute approximate surface area is 128 Å². The highest BCUT2D eigenvalue weighted by atomic mass is 16.5. The average molecular weight is 297 g/mol. The molecule has 1 heterocycles. The van der Waals surface area contributed by atoms with Gasteiger partial charge in [-0.3, -0.25) is 9.58 Å². The fraction of sp³-hybridized carbons (Fsp3) is 0.812. The normalized spacial score (nSPS) is 16.3. The molecule has 0 saturated carbocycles. The van der Waals surface area contributed by atoms with Gasteiger partial charge in [-0.25, -0.2) is 0 Å². The highest BCUT2D eigenvalue weighted by molar-refractivity contribution is 5.30. The second-order valence-corrected chi connectivity index (χ2v) is 5.92. The Morgan fingerprint density at radius 2 is 1.90 bits per heavy atom. The Hall–Kier alpha value is -1.07. The monoisotopic (exact) mass is 297 g/mol. The number of rotatable bonds is 8. The van der Waals surface area contributed by atoms with Crippen molar-refractivity contribution in [1.29, 1.82) is 0 Å². The maximum atomic E-state index is 11.1. The standard InChI is InChI=1S/C16H31N3O2/c1-8-16(6,18(9-2)10-3)15(20)14-13(21-7)11-17-19(14)12(4)5/h11-12,15,20H,8-10H2,1-7H3. The quantitative estimate of drug-likeness (QED) is 0.801. The molecule has 1 rings (SSSR count). The highest BCUT2D eigenvalue weighted by Crippen LogP contribution is 2.39. The molecule has 5 heteroatoms. The molecule has 0 aliphatic rings. The number of aliphatic hydroxyl groups excluding tert-OH is 1. The van der Waals surface area contributed by atoms with Gasteiger partial charge in [0, 0.05) is 11.6 Å². The minimum atomic E-state index is -0.651. The number of aromatic nitrogens is 2. The van der Waals surface area contributed by atoms with E-state index in [1.54, 1.807) is 13.3 Å². The minimum Gasteiger partial charge on any atom is -0.493 e. The third-order valence-corrected chi connectivity index (χ3v) is 4.56. The average Bonchev–Trinajstić information content (AvgIpc) is 2.91. The summed E-state index contributed by atoms with van der Waals surface area (Å²) in [7, 11) is 1.62. The molecule has 0 radical (unpaired) electrons. The van der Waals surface area contributed by atoms with Gasteiger partial charge in [0.25, 0.3) is 0 Å². The van der Waals surface area contributed by atoms with Crippen molar-refractivity contribution in [3.63, 3.8) is 0 Å². The summed E-state index contributed by atoms with van der Waals surface area (Å²) < 4.78 is 7.28. The van der Waals surface area contributed by atoms with Crippen molar-refractivity contribution in [2.24, 2.45) is 0 Å². The Morgan fingerprint density at radius 1 is 1.33 bits per heavy atom. The number of hydrogen-bond donors (Lipinski definition) is 1. The van der Waals surface area contributed by atoms with Crippen molar-refractivity contribution in [1.82, 2.24) is 14.7 Å². The van der Waals surface area contributed by atoms with E-state index in [2.05, 4.69) is 51.5 Å². The van der Waals surface area contributed by atoms with Crippen LogP contribution in [0.25, 0.3) is 0 Å². The first-order valence-electron chi connectivity index (χ1n) is 7.91. The van der Waals surface area contributed by atoms with Gasteiger partial charge in [-0.05, 0) is 40.3 Å². The lowest BCUT2D eigenvalue weighted by molar-refractivity contribution is -0.0274. The third kappa shape index (κ3) is 3.24. The summed E-state index contributed by atoms with van der Waals surface area (Å²) in [5, 5.41) is 15.5. The van der Waals surface area contributed by atoms with Crippen LogP contribution in [-0.4, -0.2) is 45.5 Å². The second-order valence-electron chi connectivity index (χ2n) is 5.92. The van der Waals surface area contributed by atoms with Crippen LogP contribution in [0.15, 0.2) is 6.20 Å². The van der Waals surface area contributed by atoms with Gasteiger partial charge in [-0.15, -0.1) is 0 Å². The zero-order chi connectivity index (χ0) is 16.2. The van der Waals surface area contributed by atoms with Gasteiger partial charge in [-0.2, -0.15) is 5.10 Å². The first kappa shape index (κ1) is 18.0. The number of hydrogen-bond acceptors (Lipinski definition) is 4. The fourth-order valence-corrected chi connectivity index (χ4v) is 3.02. The molecule has 0 bridgehead atoms. The fourth-order valence-electron chi connectivity index (χ4n) is 3.02. The summed E-state index contributed by atoms with van der Waals surface area (Å²) in [4.78, 5) is 2.30. The van der Waals surface area contributed by atoms with Crippen LogP contribution in [0.3, 0.4) is 0 Å². The predicted octanol–water partition coefficient (Wildman–Crippen LogP) is 3.02. The SMILES string of the molecule is CCN(CC)C(C)(CC)C(O)c1c(OC)cnn1C(C)C. The van der Waals surface area contributed by atoms with E-state index >= 15 is 0 Å². The summed E-state index contributed by atoms with van der Waals surface area (Å²) in [6, 6.07) is 0.177. The summed E-state index contributed by atoms with van der Waals surface area (Å²) in [5.74, 6) is 0.656. The maximum absolute atomic E-state index is 11.1. The highest BCUT2D eigenvalue weighted by Gasteiger charge is 2.40. The zero-order valence-corrected chi connectivity index (χ0v) is 14.6. The Balaban J connectivity index is 3.33. The molecule has 21 heavy (non-hydrogen) atoms. The molecule has 122 valence electrons. The van der Waals surface area contributed by atoms with Crippen molar-refractivity contribution >= 4 is 0 Å². The number of nitrogens with zero attached hydrogens (tertiary/aromatic N) is 3. The van der Waals surface area contributed by atoms with Crippen molar-refractivity contribution < 1.29 is 9.84 Å². The van der Waals surface area contributed by atoms with Gasteiger partial charge in [0.05, 0.1) is 13.3 Å². The van der Waals surface area contributed by atoms with Gasteiger partial charge in [-0.1, -0.05) is 20.8 Å². The van der Waals surface area contributed by atoms with Crippen molar-refractivity contribution in [3.8, 4) is 5.75 Å². The van der Waals surface area contributed by atoms with Crippen molar-refractivity contribution in [2.45, 2.75) is 65.6 Å². The van der Waals surface area contributed by atoms with Crippen LogP contribution in [0.4, 0.5) is 0 Å². The van der Waals surface area contributed by atoms with Crippen LogP contribution < -0.4 is 4.74 Å². The first-order valence-corrected chi connectivity index (χ1v) is 7.91. The number of aliphatic hydroxyl groups is 1. The van der Waals surface area contributed by atoms with E-state index in [0.29, 0.717) is 5.75 Å².